The second-order valence-electron chi connectivity index (χ2n) is 3.46. The molecule has 2 heterocycles. The second kappa shape index (κ2) is 4.40. The van der Waals surface area contributed by atoms with E-state index in [0.29, 0.717) is 0 Å². The molecule has 5 heteroatoms. The lowest BCUT2D eigenvalue weighted by Crippen LogP contribution is -2.20. The first kappa shape index (κ1) is 10.8. The highest BCUT2D eigenvalue weighted by Gasteiger charge is 2.22. The number of ether oxygens (including phenoxy) is 1. The maximum absolute atomic E-state index is 5.41. The van der Waals surface area contributed by atoms with E-state index in [1.54, 1.807) is 24.3 Å². The smallest absolute Gasteiger partial charge is 0.162 e. The molecule has 0 aliphatic carbocycles. The zero-order valence-corrected chi connectivity index (χ0v) is 9.60. The van der Waals surface area contributed by atoms with Crippen molar-refractivity contribution in [2.24, 2.45) is 7.05 Å². The van der Waals surface area contributed by atoms with Gasteiger partial charge in [-0.05, 0) is 19.2 Å². The molecule has 0 aliphatic rings. The van der Waals surface area contributed by atoms with Crippen LogP contribution in [0.15, 0.2) is 29.0 Å². The fraction of sp³-hybridized carbons (Fsp3) is 0.364. The topological polar surface area (TPSA) is 52.2 Å². The first-order valence-electron chi connectivity index (χ1n) is 5.04. The van der Waals surface area contributed by atoms with Gasteiger partial charge in [0.1, 0.15) is 17.5 Å². The van der Waals surface area contributed by atoms with Gasteiger partial charge in [0.25, 0.3) is 0 Å². The van der Waals surface area contributed by atoms with Gasteiger partial charge in [0, 0.05) is 7.05 Å². The van der Waals surface area contributed by atoms with Crippen LogP contribution < -0.4 is 10.1 Å². The Bertz CT molecular complexity index is 448. The first-order chi connectivity index (χ1) is 7.77. The second-order valence-corrected chi connectivity index (χ2v) is 3.46. The highest BCUT2D eigenvalue weighted by Crippen LogP contribution is 2.29. The van der Waals surface area contributed by atoms with Crippen molar-refractivity contribution < 1.29 is 9.15 Å². The van der Waals surface area contributed by atoms with Gasteiger partial charge in [-0.3, -0.25) is 4.68 Å². The van der Waals surface area contributed by atoms with E-state index >= 15 is 0 Å². The normalized spacial score (nSPS) is 12.7. The van der Waals surface area contributed by atoms with Crippen LogP contribution in [-0.4, -0.2) is 23.9 Å². The summed E-state index contributed by atoms with van der Waals surface area (Å²) in [4.78, 5) is 0. The molecule has 0 aromatic carbocycles. The largest absolute Gasteiger partial charge is 0.493 e. The molecule has 2 aromatic rings. The Morgan fingerprint density at radius 3 is 2.94 bits per heavy atom. The molecule has 2 aromatic heterocycles. The highest BCUT2D eigenvalue weighted by atomic mass is 16.5. The standard InChI is InChI=1S/C11H15N3O2/c1-12-10(8-5-4-6-16-8)11-9(15-3)7-13-14(11)2/h4-7,10,12H,1-3H3. The third-order valence-electron chi connectivity index (χ3n) is 2.56. The van der Waals surface area contributed by atoms with Gasteiger partial charge < -0.3 is 14.5 Å². The number of hydrogen-bond acceptors (Lipinski definition) is 4. The predicted octanol–water partition coefficient (Wildman–Crippen LogP) is 1.33. The Kier molecular flexibility index (Phi) is 2.96. The van der Waals surface area contributed by atoms with Crippen LogP contribution >= 0.6 is 0 Å². The molecular weight excluding hydrogens is 206 g/mol. The zero-order chi connectivity index (χ0) is 11.5. The van der Waals surface area contributed by atoms with Crippen LogP contribution in [0.1, 0.15) is 17.5 Å². The molecule has 0 radical (unpaired) electrons. The maximum Gasteiger partial charge on any atom is 0.162 e. The van der Waals surface area contributed by atoms with Crippen LogP contribution in [-0.2, 0) is 7.05 Å². The molecule has 0 bridgehead atoms. The molecule has 0 amide bonds. The van der Waals surface area contributed by atoms with E-state index in [4.69, 9.17) is 9.15 Å². The molecule has 0 saturated carbocycles. The van der Waals surface area contributed by atoms with Crippen LogP contribution in [0.25, 0.3) is 0 Å². The lowest BCUT2D eigenvalue weighted by atomic mass is 10.1. The van der Waals surface area contributed by atoms with E-state index in [-0.39, 0.29) is 6.04 Å². The number of methoxy groups -OCH3 is 1. The van der Waals surface area contributed by atoms with E-state index in [2.05, 4.69) is 10.4 Å². The molecule has 86 valence electrons. The first-order valence-corrected chi connectivity index (χ1v) is 5.04. The van der Waals surface area contributed by atoms with Crippen molar-refractivity contribution in [3.05, 3.63) is 36.0 Å². The third kappa shape index (κ3) is 1.69. The Morgan fingerprint density at radius 1 is 1.56 bits per heavy atom. The number of nitrogens with one attached hydrogen (secondary N) is 1. The van der Waals surface area contributed by atoms with E-state index in [0.717, 1.165) is 17.2 Å². The number of nitrogens with zero attached hydrogens (tertiary/aromatic N) is 2. The summed E-state index contributed by atoms with van der Waals surface area (Å²) in [5.74, 6) is 1.59. The molecule has 2 rings (SSSR count). The summed E-state index contributed by atoms with van der Waals surface area (Å²) in [7, 11) is 5.39. The van der Waals surface area contributed by atoms with E-state index in [9.17, 15) is 0 Å². The summed E-state index contributed by atoms with van der Waals surface area (Å²) in [6, 6.07) is 3.73. The molecule has 0 saturated heterocycles. The van der Waals surface area contributed by atoms with Gasteiger partial charge in [-0.2, -0.15) is 5.10 Å². The van der Waals surface area contributed by atoms with Gasteiger partial charge >= 0.3 is 0 Å². The fourth-order valence-corrected chi connectivity index (χ4v) is 1.78. The van der Waals surface area contributed by atoms with Crippen molar-refractivity contribution in [3.63, 3.8) is 0 Å². The number of hydrogen-bond donors (Lipinski definition) is 1. The molecule has 16 heavy (non-hydrogen) atoms. The van der Waals surface area contributed by atoms with Gasteiger partial charge in [0.15, 0.2) is 5.75 Å². The molecule has 1 N–H and O–H groups in total. The molecular formula is C11H15N3O2. The van der Waals surface area contributed by atoms with Crippen LogP contribution in [0, 0.1) is 0 Å². The summed E-state index contributed by atoms with van der Waals surface area (Å²) in [5, 5.41) is 7.36. The van der Waals surface area contributed by atoms with Gasteiger partial charge in [0.05, 0.1) is 19.6 Å². The number of furan rings is 1. The van der Waals surface area contributed by atoms with Crippen molar-refractivity contribution in [2.45, 2.75) is 6.04 Å². The molecule has 5 nitrogen and oxygen atoms in total. The molecule has 0 spiro atoms. The van der Waals surface area contributed by atoms with Crippen molar-refractivity contribution in [3.8, 4) is 5.75 Å². The SMILES string of the molecule is CNC(c1ccco1)c1c(OC)cnn1C. The van der Waals surface area contributed by atoms with Gasteiger partial charge in [-0.1, -0.05) is 0 Å². The van der Waals surface area contributed by atoms with E-state index < -0.39 is 0 Å². The summed E-state index contributed by atoms with van der Waals surface area (Å²) in [6.45, 7) is 0. The fourth-order valence-electron chi connectivity index (χ4n) is 1.78. The van der Waals surface area contributed by atoms with E-state index in [1.807, 2.05) is 26.2 Å². The Morgan fingerprint density at radius 2 is 2.38 bits per heavy atom. The minimum atomic E-state index is -0.0579. The van der Waals surface area contributed by atoms with Gasteiger partial charge in [-0.25, -0.2) is 0 Å². The number of aromatic nitrogens is 2. The Balaban J connectivity index is 2.44. The van der Waals surface area contributed by atoms with Gasteiger partial charge in [-0.15, -0.1) is 0 Å². The average molecular weight is 221 g/mol. The number of rotatable bonds is 4. The Labute approximate surface area is 94.0 Å². The number of aryl methyl sites for hydroxylation is 1. The van der Waals surface area contributed by atoms with Crippen LogP contribution in [0.2, 0.25) is 0 Å². The lowest BCUT2D eigenvalue weighted by molar-refractivity contribution is 0.391. The third-order valence-corrected chi connectivity index (χ3v) is 2.56. The highest BCUT2D eigenvalue weighted by molar-refractivity contribution is 5.32. The van der Waals surface area contributed by atoms with Crippen molar-refractivity contribution in [1.29, 1.82) is 0 Å². The van der Waals surface area contributed by atoms with Crippen molar-refractivity contribution >= 4 is 0 Å². The van der Waals surface area contributed by atoms with Crippen molar-refractivity contribution in [1.82, 2.24) is 15.1 Å². The summed E-state index contributed by atoms with van der Waals surface area (Å²) in [6.07, 6.45) is 3.35. The zero-order valence-electron chi connectivity index (χ0n) is 9.60. The quantitative estimate of drug-likeness (QED) is 0.846. The summed E-state index contributed by atoms with van der Waals surface area (Å²) >= 11 is 0. The molecule has 1 unspecified atom stereocenters. The minimum Gasteiger partial charge on any atom is -0.493 e. The average Bonchev–Trinajstić information content (AvgIpc) is 2.91. The summed E-state index contributed by atoms with van der Waals surface area (Å²) in [5.41, 5.74) is 0.944. The molecule has 0 aliphatic heterocycles. The lowest BCUT2D eigenvalue weighted by Gasteiger charge is -2.15. The molecule has 0 fully saturated rings. The van der Waals surface area contributed by atoms with Gasteiger partial charge in [0.2, 0.25) is 0 Å². The minimum absolute atomic E-state index is 0.0579. The van der Waals surface area contributed by atoms with E-state index in [1.165, 1.54) is 0 Å². The van der Waals surface area contributed by atoms with Crippen LogP contribution in [0.5, 0.6) is 5.75 Å². The maximum atomic E-state index is 5.41. The monoisotopic (exact) mass is 221 g/mol. The van der Waals surface area contributed by atoms with Crippen LogP contribution in [0.3, 0.4) is 0 Å². The van der Waals surface area contributed by atoms with Crippen LogP contribution in [0.4, 0.5) is 0 Å². The molecule has 1 atom stereocenters. The Hall–Kier alpha value is -1.75. The summed E-state index contributed by atoms with van der Waals surface area (Å²) < 4.78 is 12.5. The predicted molar refractivity (Wildman–Crippen MR) is 59.4 cm³/mol. The van der Waals surface area contributed by atoms with Crippen molar-refractivity contribution in [2.75, 3.05) is 14.2 Å².